The summed E-state index contributed by atoms with van der Waals surface area (Å²) in [4.78, 5) is 7.86. The molecule has 0 fully saturated rings. The van der Waals surface area contributed by atoms with Gasteiger partial charge in [0.05, 0.1) is 6.04 Å². The van der Waals surface area contributed by atoms with Crippen LogP contribution in [0, 0.1) is 0 Å². The van der Waals surface area contributed by atoms with E-state index in [9.17, 15) is 0 Å². The molecule has 1 aromatic heterocycles. The highest BCUT2D eigenvalue weighted by atomic mass is 35.5. The first-order valence-electron chi connectivity index (χ1n) is 5.36. The van der Waals surface area contributed by atoms with Crippen molar-refractivity contribution < 1.29 is 0 Å². The largest absolute Gasteiger partial charge is 0.382 e. The molecule has 2 rings (SSSR count). The zero-order chi connectivity index (χ0) is 13.1. The van der Waals surface area contributed by atoms with Gasteiger partial charge in [-0.25, -0.2) is 9.97 Å². The SMILES string of the molecule is CC(Nc1ncnc(N)c1Cl)c1ccccc1Cl. The minimum Gasteiger partial charge on any atom is -0.382 e. The van der Waals surface area contributed by atoms with Gasteiger partial charge < -0.3 is 11.1 Å². The van der Waals surface area contributed by atoms with Gasteiger partial charge in [0.25, 0.3) is 0 Å². The van der Waals surface area contributed by atoms with Crippen LogP contribution in [0.25, 0.3) is 0 Å². The number of nitrogens with zero attached hydrogens (tertiary/aromatic N) is 2. The molecule has 0 saturated carbocycles. The van der Waals surface area contributed by atoms with Crippen LogP contribution in [0.4, 0.5) is 11.6 Å². The van der Waals surface area contributed by atoms with E-state index in [1.165, 1.54) is 6.33 Å². The van der Waals surface area contributed by atoms with E-state index in [0.29, 0.717) is 15.9 Å². The highest BCUT2D eigenvalue weighted by Crippen LogP contribution is 2.29. The maximum Gasteiger partial charge on any atom is 0.150 e. The smallest absolute Gasteiger partial charge is 0.150 e. The number of benzene rings is 1. The molecule has 1 atom stereocenters. The topological polar surface area (TPSA) is 63.8 Å². The molecule has 18 heavy (non-hydrogen) atoms. The van der Waals surface area contributed by atoms with Crippen LogP contribution in [0.2, 0.25) is 10.0 Å². The van der Waals surface area contributed by atoms with Gasteiger partial charge in [-0.05, 0) is 18.6 Å². The fourth-order valence-electron chi connectivity index (χ4n) is 1.59. The molecule has 6 heteroatoms. The predicted molar refractivity (Wildman–Crippen MR) is 74.9 cm³/mol. The molecular weight excluding hydrogens is 271 g/mol. The third-order valence-electron chi connectivity index (χ3n) is 2.54. The Labute approximate surface area is 115 Å². The highest BCUT2D eigenvalue weighted by molar-refractivity contribution is 6.35. The molecule has 0 amide bonds. The summed E-state index contributed by atoms with van der Waals surface area (Å²) in [6.07, 6.45) is 1.36. The van der Waals surface area contributed by atoms with Gasteiger partial charge in [0.15, 0.2) is 5.82 Å². The van der Waals surface area contributed by atoms with E-state index in [4.69, 9.17) is 28.9 Å². The number of anilines is 2. The molecule has 0 aliphatic rings. The number of aromatic nitrogens is 2. The molecule has 1 heterocycles. The van der Waals surface area contributed by atoms with Crippen molar-refractivity contribution in [2.24, 2.45) is 0 Å². The van der Waals surface area contributed by atoms with Crippen LogP contribution in [-0.2, 0) is 0 Å². The van der Waals surface area contributed by atoms with Crippen LogP contribution in [0.5, 0.6) is 0 Å². The van der Waals surface area contributed by atoms with E-state index in [1.807, 2.05) is 31.2 Å². The van der Waals surface area contributed by atoms with Gasteiger partial charge in [0.2, 0.25) is 0 Å². The lowest BCUT2D eigenvalue weighted by molar-refractivity contribution is 0.873. The molecule has 3 N–H and O–H groups in total. The number of nitrogens with one attached hydrogen (secondary N) is 1. The minimum absolute atomic E-state index is 0.0366. The van der Waals surface area contributed by atoms with E-state index in [-0.39, 0.29) is 11.9 Å². The van der Waals surface area contributed by atoms with Crippen molar-refractivity contribution in [3.63, 3.8) is 0 Å². The van der Waals surface area contributed by atoms with Crippen molar-refractivity contribution in [3.8, 4) is 0 Å². The van der Waals surface area contributed by atoms with Gasteiger partial charge >= 0.3 is 0 Å². The first kappa shape index (κ1) is 12.9. The van der Waals surface area contributed by atoms with Crippen molar-refractivity contribution in [2.75, 3.05) is 11.1 Å². The molecule has 1 unspecified atom stereocenters. The number of halogens is 2. The monoisotopic (exact) mass is 282 g/mol. The average Bonchev–Trinajstić information content (AvgIpc) is 2.35. The first-order valence-corrected chi connectivity index (χ1v) is 6.12. The number of nitrogens with two attached hydrogens (primary N) is 1. The Morgan fingerprint density at radius 3 is 2.67 bits per heavy atom. The molecule has 0 radical (unpaired) electrons. The molecule has 0 bridgehead atoms. The summed E-state index contributed by atoms with van der Waals surface area (Å²) in [5, 5.41) is 4.17. The van der Waals surface area contributed by atoms with E-state index in [1.54, 1.807) is 0 Å². The van der Waals surface area contributed by atoms with Gasteiger partial charge in [-0.1, -0.05) is 41.4 Å². The quantitative estimate of drug-likeness (QED) is 0.904. The fraction of sp³-hybridized carbons (Fsp3) is 0.167. The molecule has 0 aliphatic heterocycles. The van der Waals surface area contributed by atoms with Crippen molar-refractivity contribution in [3.05, 3.63) is 46.2 Å². The van der Waals surface area contributed by atoms with Crippen molar-refractivity contribution in [1.29, 1.82) is 0 Å². The highest BCUT2D eigenvalue weighted by Gasteiger charge is 2.12. The van der Waals surface area contributed by atoms with Crippen molar-refractivity contribution in [2.45, 2.75) is 13.0 Å². The molecule has 0 aliphatic carbocycles. The Balaban J connectivity index is 2.24. The second-order valence-electron chi connectivity index (χ2n) is 3.81. The summed E-state index contributed by atoms with van der Waals surface area (Å²) in [7, 11) is 0. The molecular formula is C12H12Cl2N4. The Morgan fingerprint density at radius 2 is 1.94 bits per heavy atom. The second-order valence-corrected chi connectivity index (χ2v) is 4.59. The third kappa shape index (κ3) is 2.66. The number of hydrogen-bond donors (Lipinski definition) is 2. The molecule has 0 spiro atoms. The van der Waals surface area contributed by atoms with Crippen LogP contribution in [-0.4, -0.2) is 9.97 Å². The van der Waals surface area contributed by atoms with Crippen LogP contribution in [0.15, 0.2) is 30.6 Å². The normalized spacial score (nSPS) is 12.2. The Morgan fingerprint density at radius 1 is 1.22 bits per heavy atom. The average molecular weight is 283 g/mol. The Hall–Kier alpha value is -1.52. The van der Waals surface area contributed by atoms with E-state index >= 15 is 0 Å². The zero-order valence-electron chi connectivity index (χ0n) is 9.69. The fourth-order valence-corrected chi connectivity index (χ4v) is 2.04. The first-order chi connectivity index (χ1) is 8.59. The molecule has 94 valence electrons. The van der Waals surface area contributed by atoms with Crippen LogP contribution in [0.1, 0.15) is 18.5 Å². The second kappa shape index (κ2) is 5.42. The Bertz CT molecular complexity index is 560. The summed E-state index contributed by atoms with van der Waals surface area (Å²) in [6.45, 7) is 1.97. The van der Waals surface area contributed by atoms with Gasteiger partial charge in [-0.2, -0.15) is 0 Å². The maximum absolute atomic E-state index is 6.13. The zero-order valence-corrected chi connectivity index (χ0v) is 11.2. The lowest BCUT2D eigenvalue weighted by atomic mass is 10.1. The standard InChI is InChI=1S/C12H12Cl2N4/c1-7(8-4-2-3-5-9(8)13)18-12-10(14)11(15)16-6-17-12/h2-7H,1H3,(H3,15,16,17,18). The molecule has 2 aromatic rings. The molecule has 1 aromatic carbocycles. The summed E-state index contributed by atoms with van der Waals surface area (Å²) in [6, 6.07) is 7.55. The summed E-state index contributed by atoms with van der Waals surface area (Å²) >= 11 is 12.1. The number of hydrogen-bond acceptors (Lipinski definition) is 4. The van der Waals surface area contributed by atoms with Crippen molar-refractivity contribution in [1.82, 2.24) is 9.97 Å². The lowest BCUT2D eigenvalue weighted by Gasteiger charge is -2.17. The van der Waals surface area contributed by atoms with Crippen molar-refractivity contribution >= 4 is 34.8 Å². The van der Waals surface area contributed by atoms with Gasteiger partial charge in [0.1, 0.15) is 17.2 Å². The van der Waals surface area contributed by atoms with Crippen LogP contribution in [0.3, 0.4) is 0 Å². The lowest BCUT2D eigenvalue weighted by Crippen LogP contribution is -2.10. The minimum atomic E-state index is -0.0366. The third-order valence-corrected chi connectivity index (χ3v) is 3.26. The van der Waals surface area contributed by atoms with E-state index in [0.717, 1.165) is 5.56 Å². The maximum atomic E-state index is 6.13. The summed E-state index contributed by atoms with van der Waals surface area (Å²) < 4.78 is 0. The van der Waals surface area contributed by atoms with Gasteiger partial charge in [-0.15, -0.1) is 0 Å². The van der Waals surface area contributed by atoms with Crippen LogP contribution >= 0.6 is 23.2 Å². The van der Waals surface area contributed by atoms with E-state index in [2.05, 4.69) is 15.3 Å². The van der Waals surface area contributed by atoms with E-state index < -0.39 is 0 Å². The molecule has 0 saturated heterocycles. The molecule has 4 nitrogen and oxygen atoms in total. The van der Waals surface area contributed by atoms with Crippen LogP contribution < -0.4 is 11.1 Å². The van der Waals surface area contributed by atoms with Gasteiger partial charge in [0, 0.05) is 5.02 Å². The predicted octanol–water partition coefficient (Wildman–Crippen LogP) is 3.54. The van der Waals surface area contributed by atoms with Gasteiger partial charge in [-0.3, -0.25) is 0 Å². The summed E-state index contributed by atoms with van der Waals surface area (Å²) in [5.74, 6) is 0.747. The number of nitrogen functional groups attached to an aromatic ring is 1. The summed E-state index contributed by atoms with van der Waals surface area (Å²) in [5.41, 5.74) is 6.58. The number of rotatable bonds is 3. The Kier molecular flexibility index (Phi) is 3.89.